The van der Waals surface area contributed by atoms with Crippen LogP contribution in [0.15, 0.2) is 36.5 Å². The molecule has 26 heavy (non-hydrogen) atoms. The third-order valence-electron chi connectivity index (χ3n) is 4.57. The van der Waals surface area contributed by atoms with Crippen LogP contribution in [0, 0.1) is 5.95 Å². The Morgan fingerprint density at radius 1 is 1.08 bits per heavy atom. The van der Waals surface area contributed by atoms with Gasteiger partial charge in [0.1, 0.15) is 11.6 Å². The van der Waals surface area contributed by atoms with Crippen molar-refractivity contribution in [3.8, 4) is 0 Å². The third-order valence-corrected chi connectivity index (χ3v) is 4.57. The number of aromatic nitrogens is 4. The van der Waals surface area contributed by atoms with Gasteiger partial charge in [-0.15, -0.1) is 10.2 Å². The minimum atomic E-state index is -4.43. The van der Waals surface area contributed by atoms with E-state index in [-0.39, 0.29) is 5.92 Å². The number of halogens is 4. The molecule has 0 bridgehead atoms. The molecule has 1 aliphatic rings. The lowest BCUT2D eigenvalue weighted by Gasteiger charge is -2.32. The highest BCUT2D eigenvalue weighted by Gasteiger charge is 2.32. The molecule has 0 radical (unpaired) electrons. The molecule has 136 valence electrons. The highest BCUT2D eigenvalue weighted by Crippen LogP contribution is 2.32. The summed E-state index contributed by atoms with van der Waals surface area (Å²) in [6.07, 6.45) is -1.83. The summed E-state index contributed by atoms with van der Waals surface area (Å²) >= 11 is 0. The van der Waals surface area contributed by atoms with Gasteiger partial charge in [0.2, 0.25) is 5.95 Å². The topological polar surface area (TPSA) is 46.3 Å². The van der Waals surface area contributed by atoms with Crippen LogP contribution in [0.2, 0.25) is 0 Å². The van der Waals surface area contributed by atoms with Gasteiger partial charge >= 0.3 is 6.18 Å². The van der Waals surface area contributed by atoms with E-state index in [9.17, 15) is 17.6 Å². The number of hydrogen-bond donors (Lipinski definition) is 0. The van der Waals surface area contributed by atoms with E-state index >= 15 is 0 Å². The maximum atomic E-state index is 13.4. The second-order valence-electron chi connectivity index (χ2n) is 6.31. The Morgan fingerprint density at radius 2 is 1.92 bits per heavy atom. The van der Waals surface area contributed by atoms with Crippen LogP contribution >= 0.6 is 0 Å². The van der Waals surface area contributed by atoms with E-state index in [4.69, 9.17) is 0 Å². The fraction of sp³-hybridized carbons (Fsp3) is 0.353. The smallest absolute Gasteiger partial charge is 0.356 e. The molecule has 0 aromatic carbocycles. The lowest BCUT2D eigenvalue weighted by Crippen LogP contribution is -2.35. The Balaban J connectivity index is 1.66. The van der Waals surface area contributed by atoms with Gasteiger partial charge in [0.25, 0.3) is 0 Å². The fourth-order valence-electron chi connectivity index (χ4n) is 3.32. The number of piperidine rings is 1. The zero-order chi connectivity index (χ0) is 18.3. The monoisotopic (exact) mass is 365 g/mol. The van der Waals surface area contributed by atoms with Crippen LogP contribution in [-0.2, 0) is 6.18 Å². The molecule has 0 N–H and O–H groups in total. The van der Waals surface area contributed by atoms with Crippen LogP contribution in [0.3, 0.4) is 0 Å². The second-order valence-corrected chi connectivity index (χ2v) is 6.31. The van der Waals surface area contributed by atoms with Gasteiger partial charge in [0, 0.05) is 25.2 Å². The predicted molar refractivity (Wildman–Crippen MR) is 86.4 cm³/mol. The van der Waals surface area contributed by atoms with E-state index < -0.39 is 17.7 Å². The molecule has 5 nitrogen and oxygen atoms in total. The van der Waals surface area contributed by atoms with Crippen LogP contribution in [0.1, 0.15) is 30.1 Å². The first-order valence-corrected chi connectivity index (χ1v) is 8.21. The van der Waals surface area contributed by atoms with Gasteiger partial charge in [-0.3, -0.25) is 4.40 Å². The summed E-state index contributed by atoms with van der Waals surface area (Å²) in [5, 5.41) is 8.09. The van der Waals surface area contributed by atoms with Crippen molar-refractivity contribution in [2.75, 3.05) is 18.0 Å². The van der Waals surface area contributed by atoms with Crippen LogP contribution in [0.25, 0.3) is 5.65 Å². The number of anilines is 1. The molecule has 4 rings (SSSR count). The van der Waals surface area contributed by atoms with Crippen molar-refractivity contribution in [3.63, 3.8) is 0 Å². The van der Waals surface area contributed by atoms with Crippen molar-refractivity contribution in [1.82, 2.24) is 19.6 Å². The molecular formula is C17H15F4N5. The molecule has 0 spiro atoms. The molecule has 4 heterocycles. The molecule has 0 saturated carbocycles. The number of nitrogens with zero attached hydrogens (tertiary/aromatic N) is 5. The maximum absolute atomic E-state index is 13.4. The van der Waals surface area contributed by atoms with Gasteiger partial charge in [-0.05, 0) is 37.1 Å². The quantitative estimate of drug-likeness (QED) is 0.514. The highest BCUT2D eigenvalue weighted by molar-refractivity contribution is 5.42. The molecule has 0 aliphatic carbocycles. The van der Waals surface area contributed by atoms with Crippen molar-refractivity contribution < 1.29 is 17.6 Å². The summed E-state index contributed by atoms with van der Waals surface area (Å²) in [4.78, 5) is 5.81. The zero-order valence-corrected chi connectivity index (χ0v) is 13.6. The molecule has 0 amide bonds. The number of fused-ring (bicyclic) bond motifs is 1. The zero-order valence-electron chi connectivity index (χ0n) is 13.6. The summed E-state index contributed by atoms with van der Waals surface area (Å²) in [5.41, 5.74) is -0.375. The number of pyridine rings is 2. The van der Waals surface area contributed by atoms with E-state index in [0.717, 1.165) is 25.1 Å². The second kappa shape index (κ2) is 6.22. The van der Waals surface area contributed by atoms with Crippen molar-refractivity contribution in [1.29, 1.82) is 0 Å². The van der Waals surface area contributed by atoms with Gasteiger partial charge in [-0.25, -0.2) is 4.98 Å². The summed E-state index contributed by atoms with van der Waals surface area (Å²) in [7, 11) is 0. The molecule has 9 heteroatoms. The van der Waals surface area contributed by atoms with Crippen LogP contribution in [0.5, 0.6) is 0 Å². The molecule has 1 fully saturated rings. The largest absolute Gasteiger partial charge is 0.417 e. The normalized spacial score (nSPS) is 18.5. The van der Waals surface area contributed by atoms with Gasteiger partial charge in [0.15, 0.2) is 5.65 Å². The first kappa shape index (κ1) is 16.7. The SMILES string of the molecule is Fc1cccc(N2CCCC(c3nnc4ccc(C(F)(F)F)cn34)C2)n1. The Hall–Kier alpha value is -2.71. The number of alkyl halides is 3. The van der Waals surface area contributed by atoms with Crippen LogP contribution < -0.4 is 4.90 Å². The van der Waals surface area contributed by atoms with E-state index in [2.05, 4.69) is 15.2 Å². The predicted octanol–water partition coefficient (Wildman–Crippen LogP) is 3.67. The Labute approximate surface area is 146 Å². The van der Waals surface area contributed by atoms with Crippen LogP contribution in [0.4, 0.5) is 23.4 Å². The van der Waals surface area contributed by atoms with Crippen LogP contribution in [-0.4, -0.2) is 32.7 Å². The summed E-state index contributed by atoms with van der Waals surface area (Å²) in [6.45, 7) is 1.20. The Bertz CT molecular complexity index is 936. The lowest BCUT2D eigenvalue weighted by molar-refractivity contribution is -0.137. The summed E-state index contributed by atoms with van der Waals surface area (Å²) in [6, 6.07) is 6.89. The van der Waals surface area contributed by atoms with E-state index in [1.807, 2.05) is 4.90 Å². The standard InChI is InChI=1S/C17H15F4N5/c18-13-4-1-5-14(22-13)25-8-2-3-11(9-25)16-24-23-15-7-6-12(10-26(15)16)17(19,20)21/h1,4-7,10-11H,2-3,8-9H2. The van der Waals surface area contributed by atoms with Gasteiger partial charge in [-0.2, -0.15) is 17.6 Å². The number of rotatable bonds is 2. The van der Waals surface area contributed by atoms with Gasteiger partial charge in [-0.1, -0.05) is 6.07 Å². The number of hydrogen-bond acceptors (Lipinski definition) is 4. The third kappa shape index (κ3) is 3.09. The summed E-state index contributed by atoms with van der Waals surface area (Å²) in [5.74, 6) is 0.311. The Kier molecular flexibility index (Phi) is 4.01. The molecule has 1 atom stereocenters. The van der Waals surface area contributed by atoms with Crippen molar-refractivity contribution in [3.05, 3.63) is 53.9 Å². The average molecular weight is 365 g/mol. The molecular weight excluding hydrogens is 350 g/mol. The van der Waals surface area contributed by atoms with E-state index in [1.165, 1.54) is 16.5 Å². The molecule has 1 aliphatic heterocycles. The molecule has 3 aromatic rings. The fourth-order valence-corrected chi connectivity index (χ4v) is 3.32. The molecule has 3 aromatic heterocycles. The molecule has 1 unspecified atom stereocenters. The average Bonchev–Trinajstić information content (AvgIpc) is 3.04. The highest BCUT2D eigenvalue weighted by atomic mass is 19.4. The van der Waals surface area contributed by atoms with Gasteiger partial charge < -0.3 is 4.90 Å². The summed E-state index contributed by atoms with van der Waals surface area (Å²) < 4.78 is 53.8. The van der Waals surface area contributed by atoms with Crippen molar-refractivity contribution >= 4 is 11.5 Å². The first-order chi connectivity index (χ1) is 12.4. The minimum Gasteiger partial charge on any atom is -0.356 e. The van der Waals surface area contributed by atoms with Crippen molar-refractivity contribution in [2.45, 2.75) is 24.9 Å². The molecule has 1 saturated heterocycles. The van der Waals surface area contributed by atoms with Gasteiger partial charge in [0.05, 0.1) is 5.56 Å². The minimum absolute atomic E-state index is 0.118. The maximum Gasteiger partial charge on any atom is 0.417 e. The first-order valence-electron chi connectivity index (χ1n) is 8.21. The van der Waals surface area contributed by atoms with E-state index in [1.54, 1.807) is 12.1 Å². The van der Waals surface area contributed by atoms with E-state index in [0.29, 0.717) is 30.4 Å². The Morgan fingerprint density at radius 3 is 2.69 bits per heavy atom. The lowest BCUT2D eigenvalue weighted by atomic mass is 9.97. The van der Waals surface area contributed by atoms with Crippen molar-refractivity contribution in [2.24, 2.45) is 0 Å².